The fraction of sp³-hybridized carbons (Fsp3) is 0.500. The molecule has 94 valence electrons. The predicted octanol–water partition coefficient (Wildman–Crippen LogP) is 2.35. The molecule has 1 aromatic carbocycles. The number of benzene rings is 1. The summed E-state index contributed by atoms with van der Waals surface area (Å²) >= 11 is 0. The SMILES string of the molecule is CO[Si](=O)OC(C)CCCNc1ccccc1. The summed E-state index contributed by atoms with van der Waals surface area (Å²) < 4.78 is 20.8. The first-order valence-electron chi connectivity index (χ1n) is 5.76. The zero-order chi connectivity index (χ0) is 12.5. The molecule has 1 unspecified atom stereocenters. The van der Waals surface area contributed by atoms with Gasteiger partial charge in [0.25, 0.3) is 0 Å². The van der Waals surface area contributed by atoms with E-state index in [1.807, 2.05) is 37.3 Å². The van der Waals surface area contributed by atoms with Gasteiger partial charge in [-0.25, -0.2) is 0 Å². The molecule has 0 saturated carbocycles. The fourth-order valence-corrected chi connectivity index (χ4v) is 1.99. The van der Waals surface area contributed by atoms with E-state index in [0.29, 0.717) is 0 Å². The van der Waals surface area contributed by atoms with Gasteiger partial charge < -0.3 is 14.2 Å². The van der Waals surface area contributed by atoms with E-state index in [0.717, 1.165) is 25.1 Å². The maximum absolute atomic E-state index is 11.0. The van der Waals surface area contributed by atoms with Crippen molar-refractivity contribution < 1.29 is 13.3 Å². The number of nitrogens with one attached hydrogen (secondary N) is 1. The van der Waals surface area contributed by atoms with E-state index in [4.69, 9.17) is 4.43 Å². The molecule has 0 saturated heterocycles. The lowest BCUT2D eigenvalue weighted by Crippen LogP contribution is -2.19. The van der Waals surface area contributed by atoms with Crippen molar-refractivity contribution in [3.8, 4) is 0 Å². The molecule has 1 N–H and O–H groups in total. The van der Waals surface area contributed by atoms with Crippen LogP contribution in [-0.2, 0) is 13.3 Å². The lowest BCUT2D eigenvalue weighted by molar-refractivity contribution is 0.136. The van der Waals surface area contributed by atoms with Crippen molar-refractivity contribution in [1.82, 2.24) is 0 Å². The molecular formula is C12H19NO3Si. The largest absolute Gasteiger partial charge is 0.767 e. The second-order valence-electron chi connectivity index (χ2n) is 3.82. The van der Waals surface area contributed by atoms with Gasteiger partial charge >= 0.3 is 9.17 Å². The minimum atomic E-state index is -2.29. The van der Waals surface area contributed by atoms with Crippen LogP contribution in [0.1, 0.15) is 19.8 Å². The van der Waals surface area contributed by atoms with Crippen molar-refractivity contribution in [2.45, 2.75) is 25.9 Å². The number of para-hydroxylation sites is 1. The highest BCUT2D eigenvalue weighted by atomic mass is 28.3. The number of rotatable bonds is 8. The van der Waals surface area contributed by atoms with E-state index < -0.39 is 9.17 Å². The standard InChI is InChI=1S/C12H19NO3Si/c1-11(16-17(14)15-2)7-6-10-13-12-8-4-3-5-9-12/h3-5,8-9,11,13H,6-7,10H2,1-2H3. The first-order valence-corrected chi connectivity index (χ1v) is 6.98. The van der Waals surface area contributed by atoms with E-state index in [9.17, 15) is 4.46 Å². The topological polar surface area (TPSA) is 47.6 Å². The van der Waals surface area contributed by atoms with Crippen LogP contribution >= 0.6 is 0 Å². The summed E-state index contributed by atoms with van der Waals surface area (Å²) in [5.74, 6) is 0. The highest BCUT2D eigenvalue weighted by Gasteiger charge is 2.12. The Balaban J connectivity index is 2.10. The van der Waals surface area contributed by atoms with Gasteiger partial charge in [0.05, 0.1) is 13.2 Å². The molecule has 0 aliphatic rings. The van der Waals surface area contributed by atoms with Crippen LogP contribution in [0.4, 0.5) is 5.69 Å². The number of hydrogen-bond donors (Lipinski definition) is 1. The average Bonchev–Trinajstić information content (AvgIpc) is 2.36. The van der Waals surface area contributed by atoms with E-state index in [-0.39, 0.29) is 6.10 Å². The Morgan fingerprint density at radius 1 is 1.35 bits per heavy atom. The zero-order valence-electron chi connectivity index (χ0n) is 10.3. The summed E-state index contributed by atoms with van der Waals surface area (Å²) in [5, 5.41) is 3.31. The molecule has 0 heterocycles. The van der Waals surface area contributed by atoms with Gasteiger partial charge in [0.15, 0.2) is 0 Å². The van der Waals surface area contributed by atoms with Crippen LogP contribution in [0.5, 0.6) is 0 Å². The van der Waals surface area contributed by atoms with Gasteiger partial charge in [-0.15, -0.1) is 0 Å². The molecule has 0 fully saturated rings. The number of anilines is 1. The Morgan fingerprint density at radius 3 is 2.71 bits per heavy atom. The van der Waals surface area contributed by atoms with Gasteiger partial charge in [-0.05, 0) is 31.9 Å². The summed E-state index contributed by atoms with van der Waals surface area (Å²) in [4.78, 5) is 0. The van der Waals surface area contributed by atoms with Crippen LogP contribution in [-0.4, -0.2) is 28.9 Å². The van der Waals surface area contributed by atoms with Crippen LogP contribution in [0, 0.1) is 0 Å². The minimum Gasteiger partial charge on any atom is -0.499 e. The average molecular weight is 253 g/mol. The molecule has 1 aromatic rings. The van der Waals surface area contributed by atoms with Crippen molar-refractivity contribution in [1.29, 1.82) is 0 Å². The van der Waals surface area contributed by atoms with Gasteiger partial charge in [0, 0.05) is 12.2 Å². The molecule has 0 aromatic heterocycles. The third kappa shape index (κ3) is 6.06. The van der Waals surface area contributed by atoms with Crippen molar-refractivity contribution in [3.05, 3.63) is 30.3 Å². The molecule has 5 heteroatoms. The molecule has 0 aliphatic heterocycles. The molecular weight excluding hydrogens is 234 g/mol. The van der Waals surface area contributed by atoms with Crippen LogP contribution in [0.25, 0.3) is 0 Å². The summed E-state index contributed by atoms with van der Waals surface area (Å²) in [5.41, 5.74) is 1.12. The molecule has 0 bridgehead atoms. The Bertz CT molecular complexity index is 332. The highest BCUT2D eigenvalue weighted by Crippen LogP contribution is 2.06. The summed E-state index contributed by atoms with van der Waals surface area (Å²) in [6.07, 6.45) is 1.80. The lowest BCUT2D eigenvalue weighted by Gasteiger charge is -2.12. The fourth-order valence-electron chi connectivity index (χ4n) is 1.45. The summed E-state index contributed by atoms with van der Waals surface area (Å²) in [6.45, 7) is 2.79. The van der Waals surface area contributed by atoms with Gasteiger partial charge in [0.1, 0.15) is 0 Å². The van der Waals surface area contributed by atoms with E-state index in [1.165, 1.54) is 7.11 Å². The minimum absolute atomic E-state index is 0.0288. The predicted molar refractivity (Wildman–Crippen MR) is 68.2 cm³/mol. The van der Waals surface area contributed by atoms with Crippen LogP contribution in [0.15, 0.2) is 30.3 Å². The molecule has 4 nitrogen and oxygen atoms in total. The van der Waals surface area contributed by atoms with Crippen LogP contribution < -0.4 is 5.32 Å². The van der Waals surface area contributed by atoms with Crippen molar-refractivity contribution in [2.75, 3.05) is 19.0 Å². The van der Waals surface area contributed by atoms with Gasteiger partial charge in [-0.3, -0.25) is 4.46 Å². The Labute approximate surface area is 104 Å². The van der Waals surface area contributed by atoms with E-state index >= 15 is 0 Å². The second-order valence-corrected chi connectivity index (χ2v) is 4.96. The molecule has 1 atom stereocenters. The first-order chi connectivity index (χ1) is 8.22. The maximum Gasteiger partial charge on any atom is 0.767 e. The van der Waals surface area contributed by atoms with Gasteiger partial charge in [-0.2, -0.15) is 0 Å². The number of hydrogen-bond acceptors (Lipinski definition) is 4. The van der Waals surface area contributed by atoms with Crippen molar-refractivity contribution in [2.24, 2.45) is 0 Å². The third-order valence-corrected chi connectivity index (χ3v) is 3.28. The Hall–Kier alpha value is -1.36. The van der Waals surface area contributed by atoms with Crippen LogP contribution in [0.3, 0.4) is 0 Å². The molecule has 0 radical (unpaired) electrons. The summed E-state index contributed by atoms with van der Waals surface area (Å²) in [6, 6.07) is 10.0. The molecule has 0 aliphatic carbocycles. The molecule has 0 amide bonds. The molecule has 0 spiro atoms. The smallest absolute Gasteiger partial charge is 0.499 e. The maximum atomic E-state index is 11.0. The van der Waals surface area contributed by atoms with Gasteiger partial charge in [0.2, 0.25) is 0 Å². The highest BCUT2D eigenvalue weighted by molar-refractivity contribution is 6.26. The van der Waals surface area contributed by atoms with E-state index in [1.54, 1.807) is 0 Å². The normalized spacial score (nSPS) is 11.6. The zero-order valence-corrected chi connectivity index (χ0v) is 11.3. The lowest BCUT2D eigenvalue weighted by atomic mass is 10.2. The monoisotopic (exact) mass is 253 g/mol. The second kappa shape index (κ2) is 7.84. The van der Waals surface area contributed by atoms with E-state index in [2.05, 4.69) is 9.74 Å². The van der Waals surface area contributed by atoms with Crippen LogP contribution in [0.2, 0.25) is 0 Å². The van der Waals surface area contributed by atoms with Crippen molar-refractivity contribution in [3.63, 3.8) is 0 Å². The Kier molecular flexibility index (Phi) is 6.32. The first kappa shape index (κ1) is 13.7. The summed E-state index contributed by atoms with van der Waals surface area (Å²) in [7, 11) is -0.893. The van der Waals surface area contributed by atoms with Gasteiger partial charge in [-0.1, -0.05) is 18.2 Å². The molecule has 17 heavy (non-hydrogen) atoms. The third-order valence-electron chi connectivity index (χ3n) is 2.35. The molecule has 1 rings (SSSR count). The quantitative estimate of drug-likeness (QED) is 0.570. The van der Waals surface area contributed by atoms with Crippen molar-refractivity contribution >= 4 is 14.9 Å². The Morgan fingerprint density at radius 2 is 2.06 bits per heavy atom.